The highest BCUT2D eigenvalue weighted by molar-refractivity contribution is 5.80. The maximum Gasteiger partial charge on any atom is 0.320 e. The molecule has 2 aromatic carbocycles. The first kappa shape index (κ1) is 29.7. The number of likely N-dealkylation sites (N-methyl/N-ethyl adjacent to an activating group) is 1. The normalized spacial score (nSPS) is 12.3. The predicted octanol–water partition coefficient (Wildman–Crippen LogP) is 6.51. The van der Waals surface area contributed by atoms with Gasteiger partial charge in [0.25, 0.3) is 5.89 Å². The Kier molecular flexibility index (Phi) is 10.2. The molecule has 206 valence electrons. The van der Waals surface area contributed by atoms with Crippen LogP contribution in [0.3, 0.4) is 0 Å². The van der Waals surface area contributed by atoms with Crippen molar-refractivity contribution >= 4 is 11.5 Å². The summed E-state index contributed by atoms with van der Waals surface area (Å²) in [6, 6.07) is 14.0. The van der Waals surface area contributed by atoms with Crippen molar-refractivity contribution in [3.63, 3.8) is 0 Å². The van der Waals surface area contributed by atoms with Crippen LogP contribution in [0.25, 0.3) is 28.4 Å². The first-order valence-corrected chi connectivity index (χ1v) is 13.0. The maximum absolute atomic E-state index is 12.1. The zero-order chi connectivity index (χ0) is 28.6. The van der Waals surface area contributed by atoms with Gasteiger partial charge in [0.2, 0.25) is 5.82 Å². The zero-order valence-electron chi connectivity index (χ0n) is 23.9. The van der Waals surface area contributed by atoms with Crippen LogP contribution in [0.4, 0.5) is 0 Å². The van der Waals surface area contributed by atoms with E-state index in [0.29, 0.717) is 24.9 Å². The third-order valence-electron chi connectivity index (χ3n) is 6.09. The highest BCUT2D eigenvalue weighted by atomic mass is 16.6. The summed E-state index contributed by atoms with van der Waals surface area (Å²) in [4.78, 5) is 18.7. The fraction of sp³-hybridized carbons (Fsp3) is 0.344. The number of hydrogen-bond donors (Lipinski definition) is 0. The molecule has 0 radical (unpaired) electrons. The van der Waals surface area contributed by atoms with Crippen molar-refractivity contribution in [2.45, 2.75) is 46.3 Å². The van der Waals surface area contributed by atoms with Crippen molar-refractivity contribution in [3.05, 3.63) is 90.0 Å². The molecule has 0 N–H and O–H groups in total. The largest absolute Gasteiger partial charge is 0.459 e. The Morgan fingerprint density at radius 1 is 1.10 bits per heavy atom. The van der Waals surface area contributed by atoms with Crippen molar-refractivity contribution in [1.82, 2.24) is 15.0 Å². The summed E-state index contributed by atoms with van der Waals surface area (Å²) in [6.45, 7) is 16.8. The second-order valence-electron chi connectivity index (χ2n) is 10.5. The molecule has 0 bridgehead atoms. The third-order valence-corrected chi connectivity index (χ3v) is 6.09. The summed E-state index contributed by atoms with van der Waals surface area (Å²) in [5.74, 6) is 0.717. The molecule has 7 nitrogen and oxygen atoms in total. The number of nitrogens with zero attached hydrogens (tertiary/aromatic N) is 3. The van der Waals surface area contributed by atoms with Gasteiger partial charge in [0, 0.05) is 24.8 Å². The van der Waals surface area contributed by atoms with Gasteiger partial charge in [-0.15, -0.1) is 0 Å². The summed E-state index contributed by atoms with van der Waals surface area (Å²) in [6.07, 6.45) is 4.42. The Morgan fingerprint density at radius 3 is 2.54 bits per heavy atom. The highest BCUT2D eigenvalue weighted by Crippen LogP contribution is 2.30. The molecule has 7 heteroatoms. The van der Waals surface area contributed by atoms with Gasteiger partial charge in [0.15, 0.2) is 0 Å². The molecule has 0 fully saturated rings. The van der Waals surface area contributed by atoms with Crippen molar-refractivity contribution in [2.24, 2.45) is 0 Å². The quantitative estimate of drug-likeness (QED) is 0.195. The number of aromatic nitrogens is 2. The Hall–Kier alpha value is -3.81. The second kappa shape index (κ2) is 13.3. The lowest BCUT2D eigenvalue weighted by atomic mass is 9.94. The van der Waals surface area contributed by atoms with Crippen LogP contribution >= 0.6 is 0 Å². The molecule has 39 heavy (non-hydrogen) atoms. The number of carbonyl (C=O) groups excluding carboxylic acids is 1. The highest BCUT2D eigenvalue weighted by Gasteiger charge is 2.18. The minimum atomic E-state index is -0.487. The van der Waals surface area contributed by atoms with E-state index >= 15 is 0 Å². The Labute approximate surface area is 231 Å². The van der Waals surface area contributed by atoms with E-state index in [0.717, 1.165) is 45.4 Å². The molecule has 0 spiro atoms. The number of carbonyl (C=O) groups is 1. The number of rotatable bonds is 12. The molecule has 0 unspecified atom stereocenters. The first-order chi connectivity index (χ1) is 18.5. The van der Waals surface area contributed by atoms with Gasteiger partial charge in [-0.1, -0.05) is 54.7 Å². The smallest absolute Gasteiger partial charge is 0.320 e. The number of hydrogen-bond acceptors (Lipinski definition) is 7. The van der Waals surface area contributed by atoms with Gasteiger partial charge in [-0.25, -0.2) is 0 Å². The van der Waals surface area contributed by atoms with E-state index in [9.17, 15) is 4.79 Å². The summed E-state index contributed by atoms with van der Waals surface area (Å²) in [5.41, 5.74) is 6.35. The summed E-state index contributed by atoms with van der Waals surface area (Å²) in [7, 11) is 3.58. The number of benzene rings is 2. The molecule has 0 saturated heterocycles. The van der Waals surface area contributed by atoms with Crippen LogP contribution in [-0.2, 0) is 27.3 Å². The monoisotopic (exact) mass is 529 g/mol. The molecule has 0 amide bonds. The average Bonchev–Trinajstić information content (AvgIpc) is 3.38. The van der Waals surface area contributed by atoms with Crippen molar-refractivity contribution in [1.29, 1.82) is 0 Å². The van der Waals surface area contributed by atoms with E-state index in [4.69, 9.17) is 14.0 Å². The summed E-state index contributed by atoms with van der Waals surface area (Å²) >= 11 is 0. The van der Waals surface area contributed by atoms with E-state index in [1.54, 1.807) is 7.11 Å². The average molecular weight is 530 g/mol. The van der Waals surface area contributed by atoms with Gasteiger partial charge in [-0.05, 0) is 87.2 Å². The molecule has 0 atom stereocenters. The van der Waals surface area contributed by atoms with Crippen LogP contribution in [0.1, 0.15) is 44.4 Å². The van der Waals surface area contributed by atoms with Gasteiger partial charge >= 0.3 is 5.97 Å². The lowest BCUT2D eigenvalue weighted by molar-refractivity contribution is -0.155. The van der Waals surface area contributed by atoms with Gasteiger partial charge in [0.05, 0.1) is 13.2 Å². The van der Waals surface area contributed by atoms with Crippen LogP contribution in [0.15, 0.2) is 77.9 Å². The Balaban J connectivity index is 1.76. The van der Waals surface area contributed by atoms with Crippen LogP contribution in [0, 0.1) is 0 Å². The van der Waals surface area contributed by atoms with E-state index in [1.165, 1.54) is 0 Å². The number of esters is 1. The van der Waals surface area contributed by atoms with Crippen LogP contribution in [0.2, 0.25) is 0 Å². The van der Waals surface area contributed by atoms with Crippen LogP contribution < -0.4 is 0 Å². The number of ether oxygens (including phenoxy) is 2. The Bertz CT molecular complexity index is 1350. The molecule has 3 rings (SSSR count). The summed E-state index contributed by atoms with van der Waals surface area (Å²) in [5, 5.41) is 4.24. The van der Waals surface area contributed by atoms with Gasteiger partial charge in [0.1, 0.15) is 5.60 Å². The first-order valence-electron chi connectivity index (χ1n) is 13.0. The molecule has 0 aliphatic carbocycles. The van der Waals surface area contributed by atoms with E-state index in [2.05, 4.69) is 35.4 Å². The Morgan fingerprint density at radius 2 is 1.87 bits per heavy atom. The SMILES string of the molecule is C=C/C(C)=C(\C=C)c1ccc(-c2nc(-c3cccc(CCN(C)CC(=O)OC(C)(C)C)c3)no2)cc1COC. The molecule has 3 aromatic rings. The topological polar surface area (TPSA) is 77.7 Å². The zero-order valence-corrected chi connectivity index (χ0v) is 23.9. The van der Waals surface area contributed by atoms with Gasteiger partial charge in [-0.2, -0.15) is 4.98 Å². The minimum absolute atomic E-state index is 0.229. The molecule has 0 aliphatic heterocycles. The fourth-order valence-electron chi connectivity index (χ4n) is 4.17. The number of allylic oxidation sites excluding steroid dienone is 4. The molecular formula is C32H39N3O4. The molecule has 1 heterocycles. The van der Waals surface area contributed by atoms with E-state index in [1.807, 2.05) is 82.1 Å². The lowest BCUT2D eigenvalue weighted by Gasteiger charge is -2.22. The molecule has 0 aliphatic rings. The van der Waals surface area contributed by atoms with Gasteiger partial charge < -0.3 is 14.0 Å². The number of methoxy groups -OCH3 is 1. The summed E-state index contributed by atoms with van der Waals surface area (Å²) < 4.78 is 16.5. The molecule has 1 aromatic heterocycles. The third kappa shape index (κ3) is 8.34. The van der Waals surface area contributed by atoms with E-state index < -0.39 is 5.60 Å². The van der Waals surface area contributed by atoms with Crippen molar-refractivity contribution < 1.29 is 18.8 Å². The lowest BCUT2D eigenvalue weighted by Crippen LogP contribution is -2.33. The minimum Gasteiger partial charge on any atom is -0.459 e. The van der Waals surface area contributed by atoms with Crippen LogP contribution in [0.5, 0.6) is 0 Å². The van der Waals surface area contributed by atoms with Crippen molar-refractivity contribution in [3.8, 4) is 22.8 Å². The maximum atomic E-state index is 12.1. The van der Waals surface area contributed by atoms with Gasteiger partial charge in [-0.3, -0.25) is 9.69 Å². The molecular weight excluding hydrogens is 490 g/mol. The fourth-order valence-corrected chi connectivity index (χ4v) is 4.17. The second-order valence-corrected chi connectivity index (χ2v) is 10.5. The molecule has 0 saturated carbocycles. The van der Waals surface area contributed by atoms with Crippen LogP contribution in [-0.4, -0.2) is 53.9 Å². The van der Waals surface area contributed by atoms with Crippen molar-refractivity contribution in [2.75, 3.05) is 27.2 Å². The van der Waals surface area contributed by atoms with E-state index in [-0.39, 0.29) is 12.5 Å². The standard InChI is InChI=1S/C32H39N3O4/c1-9-22(3)27(10-2)28-15-14-25(19-26(28)21-37-8)31-33-30(34-39-31)24-13-11-12-23(18-24)16-17-35(7)20-29(36)38-32(4,5)6/h9-15,18-19H,1-2,16-17,20-21H2,3-8H3/b27-22+. The predicted molar refractivity (Wildman–Crippen MR) is 156 cm³/mol.